The Kier molecular flexibility index (Phi) is 9.87. The fraction of sp³-hybridized carbons (Fsp3) is 0.371. The van der Waals surface area contributed by atoms with Crippen LogP contribution in [0.3, 0.4) is 0 Å². The first-order valence-electron chi connectivity index (χ1n) is 13.8. The average molecular weight is 477 g/mol. The minimum atomic E-state index is 0.748. The van der Waals surface area contributed by atoms with Gasteiger partial charge in [0.15, 0.2) is 0 Å². The number of allylic oxidation sites excluding steroid dienone is 1. The maximum Gasteiger partial charge on any atom is 0.119 e. The Morgan fingerprint density at radius 3 is 1.83 bits per heavy atom. The molecule has 0 unspecified atom stereocenters. The van der Waals surface area contributed by atoms with E-state index >= 15 is 0 Å². The highest BCUT2D eigenvalue weighted by atomic mass is 16.5. The minimum absolute atomic E-state index is 0.748. The lowest BCUT2D eigenvalue weighted by Crippen LogP contribution is -2.15. The van der Waals surface area contributed by atoms with E-state index in [2.05, 4.69) is 80.0 Å². The summed E-state index contributed by atoms with van der Waals surface area (Å²) in [4.78, 5) is 0. The summed E-state index contributed by atoms with van der Waals surface area (Å²) in [5.41, 5.74) is 5.99. The summed E-state index contributed by atoms with van der Waals surface area (Å²) in [6.07, 6.45) is 13.8. The van der Waals surface area contributed by atoms with Crippen LogP contribution in [0, 0.1) is 23.7 Å². The van der Waals surface area contributed by atoms with Crippen molar-refractivity contribution in [3.8, 4) is 28.7 Å². The van der Waals surface area contributed by atoms with Crippen molar-refractivity contribution in [2.75, 3.05) is 6.61 Å². The smallest absolute Gasteiger partial charge is 0.119 e. The summed E-state index contributed by atoms with van der Waals surface area (Å²) in [5, 5.41) is 0. The molecule has 1 fully saturated rings. The van der Waals surface area contributed by atoms with E-state index in [4.69, 9.17) is 4.74 Å². The molecule has 4 rings (SSSR count). The molecule has 1 nitrogen and oxygen atoms in total. The van der Waals surface area contributed by atoms with Gasteiger partial charge < -0.3 is 4.74 Å². The van der Waals surface area contributed by atoms with E-state index in [1.54, 1.807) is 0 Å². The van der Waals surface area contributed by atoms with Gasteiger partial charge >= 0.3 is 0 Å². The van der Waals surface area contributed by atoms with Gasteiger partial charge in [-0.3, -0.25) is 0 Å². The second-order valence-electron chi connectivity index (χ2n) is 10.2. The first-order chi connectivity index (χ1) is 17.7. The zero-order chi connectivity index (χ0) is 25.0. The van der Waals surface area contributed by atoms with E-state index in [9.17, 15) is 0 Å². The highest BCUT2D eigenvalue weighted by molar-refractivity contribution is 5.64. The van der Waals surface area contributed by atoms with Gasteiger partial charge in [0, 0.05) is 11.1 Å². The fourth-order valence-electron chi connectivity index (χ4n) is 5.14. The van der Waals surface area contributed by atoms with Crippen LogP contribution in [-0.4, -0.2) is 6.61 Å². The molecule has 1 heteroatoms. The van der Waals surface area contributed by atoms with Gasteiger partial charge in [0.25, 0.3) is 0 Å². The van der Waals surface area contributed by atoms with Gasteiger partial charge in [0.2, 0.25) is 0 Å². The highest BCUT2D eigenvalue weighted by Crippen LogP contribution is 2.34. The molecule has 0 radical (unpaired) electrons. The molecule has 0 spiro atoms. The number of rotatable bonds is 10. The number of aryl methyl sites for hydroxylation is 1. The molecule has 0 aliphatic heterocycles. The third kappa shape index (κ3) is 7.89. The van der Waals surface area contributed by atoms with Gasteiger partial charge in [-0.15, -0.1) is 6.58 Å². The predicted octanol–water partition coefficient (Wildman–Crippen LogP) is 9.25. The van der Waals surface area contributed by atoms with Gasteiger partial charge in [0.05, 0.1) is 6.61 Å². The van der Waals surface area contributed by atoms with Gasteiger partial charge in [-0.25, -0.2) is 0 Å². The summed E-state index contributed by atoms with van der Waals surface area (Å²) >= 11 is 0. The molecule has 0 N–H and O–H groups in total. The molecule has 3 aromatic carbocycles. The van der Waals surface area contributed by atoms with Crippen molar-refractivity contribution in [2.24, 2.45) is 11.8 Å². The zero-order valence-electron chi connectivity index (χ0n) is 21.8. The number of ether oxygens (including phenoxy) is 1. The summed E-state index contributed by atoms with van der Waals surface area (Å²) in [6.45, 7) is 6.73. The Bertz CT molecular complexity index is 1120. The molecule has 36 heavy (non-hydrogen) atoms. The normalized spacial score (nSPS) is 17.1. The Hall–Kier alpha value is -3.24. The minimum Gasteiger partial charge on any atom is -0.494 e. The van der Waals surface area contributed by atoms with E-state index in [0.717, 1.165) is 41.7 Å². The molecule has 1 aliphatic rings. The third-order valence-electron chi connectivity index (χ3n) is 7.44. The van der Waals surface area contributed by atoms with Crippen LogP contribution in [0.25, 0.3) is 11.1 Å². The van der Waals surface area contributed by atoms with Crippen molar-refractivity contribution in [1.82, 2.24) is 0 Å². The Labute approximate surface area is 218 Å². The highest BCUT2D eigenvalue weighted by Gasteiger charge is 2.20. The Morgan fingerprint density at radius 1 is 0.750 bits per heavy atom. The molecule has 186 valence electrons. The lowest BCUT2D eigenvalue weighted by molar-refractivity contribution is 0.254. The van der Waals surface area contributed by atoms with Crippen molar-refractivity contribution in [3.05, 3.63) is 102 Å². The van der Waals surface area contributed by atoms with Crippen LogP contribution in [0.1, 0.15) is 75.0 Å². The van der Waals surface area contributed by atoms with E-state index in [1.165, 1.54) is 68.1 Å². The molecule has 0 heterocycles. The molecule has 0 amide bonds. The van der Waals surface area contributed by atoms with Crippen LogP contribution in [0.15, 0.2) is 85.5 Å². The molecule has 0 aromatic heterocycles. The average Bonchev–Trinajstić information content (AvgIpc) is 2.94. The maximum atomic E-state index is 5.64. The molecule has 0 bridgehead atoms. The molecule has 0 atom stereocenters. The predicted molar refractivity (Wildman–Crippen MR) is 153 cm³/mol. The van der Waals surface area contributed by atoms with Crippen LogP contribution in [0.4, 0.5) is 0 Å². The first kappa shape index (κ1) is 25.8. The van der Waals surface area contributed by atoms with Crippen molar-refractivity contribution in [1.29, 1.82) is 0 Å². The van der Waals surface area contributed by atoms with Gasteiger partial charge in [-0.05, 0) is 97.0 Å². The monoisotopic (exact) mass is 476 g/mol. The largest absolute Gasteiger partial charge is 0.494 e. The SMILES string of the molecule is C=CCCC1CCC(CCc2ccc(-c3ccc(C#Cc4ccc(OCCC)cc4)cc3)cc2)CC1. The van der Waals surface area contributed by atoms with Gasteiger partial charge in [-0.1, -0.05) is 86.9 Å². The van der Waals surface area contributed by atoms with E-state index < -0.39 is 0 Å². The number of hydrogen-bond acceptors (Lipinski definition) is 1. The standard InChI is InChI=1S/C35H40O/c1-3-5-6-28-7-9-29(10-8-28)11-12-30-15-21-33(22-16-30)34-23-17-31(18-24-34)13-14-32-19-25-35(26-20-32)36-27-4-2/h3,15-26,28-29H,1,4-12,27H2,2H3. The summed E-state index contributed by atoms with van der Waals surface area (Å²) in [6, 6.07) is 25.7. The Balaban J connectivity index is 1.26. The zero-order valence-corrected chi connectivity index (χ0v) is 21.8. The van der Waals surface area contributed by atoms with Crippen LogP contribution in [0.2, 0.25) is 0 Å². The summed E-state index contributed by atoms with van der Waals surface area (Å²) in [7, 11) is 0. The topological polar surface area (TPSA) is 9.23 Å². The molecule has 0 saturated heterocycles. The Morgan fingerprint density at radius 2 is 1.28 bits per heavy atom. The van der Waals surface area contributed by atoms with Crippen LogP contribution in [-0.2, 0) is 6.42 Å². The molecular weight excluding hydrogens is 436 g/mol. The number of hydrogen-bond donors (Lipinski definition) is 0. The van der Waals surface area contributed by atoms with E-state index in [0.29, 0.717) is 0 Å². The quantitative estimate of drug-likeness (QED) is 0.209. The second kappa shape index (κ2) is 13.7. The van der Waals surface area contributed by atoms with Crippen LogP contribution < -0.4 is 4.74 Å². The first-order valence-corrected chi connectivity index (χ1v) is 13.8. The van der Waals surface area contributed by atoms with Crippen molar-refractivity contribution in [3.63, 3.8) is 0 Å². The van der Waals surface area contributed by atoms with Gasteiger partial charge in [-0.2, -0.15) is 0 Å². The van der Waals surface area contributed by atoms with Crippen molar-refractivity contribution < 1.29 is 4.74 Å². The van der Waals surface area contributed by atoms with Crippen molar-refractivity contribution in [2.45, 2.75) is 64.7 Å². The molecule has 3 aromatic rings. The van der Waals surface area contributed by atoms with Crippen LogP contribution in [0.5, 0.6) is 5.75 Å². The van der Waals surface area contributed by atoms with Crippen molar-refractivity contribution >= 4 is 0 Å². The van der Waals surface area contributed by atoms with Gasteiger partial charge in [0.1, 0.15) is 5.75 Å². The summed E-state index contributed by atoms with van der Waals surface area (Å²) in [5.74, 6) is 9.28. The lowest BCUT2D eigenvalue weighted by atomic mass is 9.78. The molecule has 1 aliphatic carbocycles. The van der Waals surface area contributed by atoms with E-state index in [1.807, 2.05) is 24.3 Å². The lowest BCUT2D eigenvalue weighted by Gasteiger charge is -2.28. The maximum absolute atomic E-state index is 5.64. The van der Waals surface area contributed by atoms with Crippen LogP contribution >= 0.6 is 0 Å². The van der Waals surface area contributed by atoms with E-state index in [-0.39, 0.29) is 0 Å². The third-order valence-corrected chi connectivity index (χ3v) is 7.44. The second-order valence-corrected chi connectivity index (χ2v) is 10.2. The number of benzene rings is 3. The fourth-order valence-corrected chi connectivity index (χ4v) is 5.14. The summed E-state index contributed by atoms with van der Waals surface area (Å²) < 4.78 is 5.64. The molecular formula is C35H40O. The molecule has 1 saturated carbocycles.